The van der Waals surface area contributed by atoms with Crippen molar-refractivity contribution in [3.63, 3.8) is 0 Å². The molecular formula is C23H22F3N7S. The van der Waals surface area contributed by atoms with Crippen LogP contribution in [0.4, 0.5) is 19.0 Å². The summed E-state index contributed by atoms with van der Waals surface area (Å²) in [6.07, 6.45) is -3.09. The summed E-state index contributed by atoms with van der Waals surface area (Å²) in [6, 6.07) is 11.4. The van der Waals surface area contributed by atoms with E-state index in [1.165, 1.54) is 12.4 Å². The minimum Gasteiger partial charge on any atom is -0.365 e. The van der Waals surface area contributed by atoms with Gasteiger partial charge in [-0.2, -0.15) is 18.4 Å². The van der Waals surface area contributed by atoms with E-state index in [-0.39, 0.29) is 17.0 Å². The van der Waals surface area contributed by atoms with Gasteiger partial charge in [-0.3, -0.25) is 4.90 Å². The van der Waals surface area contributed by atoms with Gasteiger partial charge in [0.05, 0.1) is 11.8 Å². The topological polar surface area (TPSA) is 107 Å². The summed E-state index contributed by atoms with van der Waals surface area (Å²) < 4.78 is 38.4. The highest BCUT2D eigenvalue weighted by Gasteiger charge is 2.30. The number of benzene rings is 1. The number of halogens is 3. The summed E-state index contributed by atoms with van der Waals surface area (Å²) in [5, 5.41) is 14.0. The van der Waals surface area contributed by atoms with E-state index < -0.39 is 12.6 Å². The van der Waals surface area contributed by atoms with Crippen LogP contribution in [-0.2, 0) is 13.0 Å². The molecule has 0 saturated carbocycles. The highest BCUT2D eigenvalue weighted by molar-refractivity contribution is 7.18. The summed E-state index contributed by atoms with van der Waals surface area (Å²) in [4.78, 5) is 14.5. The first-order valence-corrected chi connectivity index (χ1v) is 11.7. The number of nitrogens with two attached hydrogens (primary N) is 1. The molecule has 0 radical (unpaired) electrons. The zero-order valence-electron chi connectivity index (χ0n) is 18.1. The Bertz CT molecular complexity index is 1370. The number of H-pyrrole nitrogens is 1. The number of anilines is 1. The molecule has 1 aromatic carbocycles. The van der Waals surface area contributed by atoms with Crippen molar-refractivity contribution < 1.29 is 13.2 Å². The van der Waals surface area contributed by atoms with Crippen LogP contribution in [-0.4, -0.2) is 51.2 Å². The van der Waals surface area contributed by atoms with Gasteiger partial charge >= 0.3 is 6.18 Å². The second-order valence-electron chi connectivity index (χ2n) is 8.60. The van der Waals surface area contributed by atoms with E-state index in [1.807, 2.05) is 18.2 Å². The molecule has 4 aromatic rings. The van der Waals surface area contributed by atoms with Crippen molar-refractivity contribution in [2.45, 2.75) is 37.6 Å². The van der Waals surface area contributed by atoms with Gasteiger partial charge in [0.1, 0.15) is 28.7 Å². The number of piperidine rings is 1. The molecule has 34 heavy (non-hydrogen) atoms. The van der Waals surface area contributed by atoms with Crippen LogP contribution in [0, 0.1) is 11.3 Å². The van der Waals surface area contributed by atoms with Crippen molar-refractivity contribution in [1.82, 2.24) is 19.9 Å². The lowest BCUT2D eigenvalue weighted by atomic mass is 9.99. The SMILES string of the molecule is N#Cc1cc2cc(CN3CCC(Nc4ncnc5sc(CC(F)(F)F)cc45)C(N)C3)ccc2[nH]1. The largest absolute Gasteiger partial charge is 0.393 e. The van der Waals surface area contributed by atoms with Gasteiger partial charge < -0.3 is 16.0 Å². The summed E-state index contributed by atoms with van der Waals surface area (Å²) in [6.45, 7) is 2.23. The molecule has 1 fully saturated rings. The molecule has 0 aliphatic carbocycles. The average molecular weight is 486 g/mol. The Morgan fingerprint density at radius 1 is 1.26 bits per heavy atom. The third-order valence-corrected chi connectivity index (χ3v) is 7.07. The number of nitrogens with one attached hydrogen (secondary N) is 2. The van der Waals surface area contributed by atoms with E-state index in [1.54, 1.807) is 0 Å². The molecule has 5 rings (SSSR count). The molecule has 1 saturated heterocycles. The molecule has 2 unspecified atom stereocenters. The standard InChI is InChI=1S/C23H22F3N7S/c24-23(25,26)8-16-7-17-21(29-12-30-22(17)34-16)32-20-3-4-33(11-18(20)28)10-13-1-2-19-14(5-13)6-15(9-27)31-19/h1-2,5-7,12,18,20,31H,3-4,8,10-11,28H2,(H,29,30,32). The lowest BCUT2D eigenvalue weighted by Gasteiger charge is -2.37. The van der Waals surface area contributed by atoms with E-state index in [9.17, 15) is 13.2 Å². The highest BCUT2D eigenvalue weighted by atomic mass is 32.1. The predicted molar refractivity (Wildman–Crippen MR) is 125 cm³/mol. The van der Waals surface area contributed by atoms with E-state index in [0.29, 0.717) is 28.3 Å². The number of nitrogens with zero attached hydrogens (tertiary/aromatic N) is 4. The Hall–Kier alpha value is -3.20. The van der Waals surface area contributed by atoms with Crippen LogP contribution in [0.5, 0.6) is 0 Å². The lowest BCUT2D eigenvalue weighted by Crippen LogP contribution is -2.53. The second kappa shape index (κ2) is 8.87. The molecule has 7 nitrogen and oxygen atoms in total. The minimum atomic E-state index is -4.26. The highest BCUT2D eigenvalue weighted by Crippen LogP contribution is 2.33. The zero-order chi connectivity index (χ0) is 23.9. The molecule has 0 spiro atoms. The monoisotopic (exact) mass is 485 g/mol. The van der Waals surface area contributed by atoms with Crippen molar-refractivity contribution >= 4 is 38.3 Å². The quantitative estimate of drug-likeness (QED) is 0.392. The van der Waals surface area contributed by atoms with E-state index in [4.69, 9.17) is 11.0 Å². The number of fused-ring (bicyclic) bond motifs is 2. The summed E-state index contributed by atoms with van der Waals surface area (Å²) >= 11 is 1.04. The third kappa shape index (κ3) is 4.84. The van der Waals surface area contributed by atoms with Gasteiger partial charge in [-0.1, -0.05) is 6.07 Å². The Balaban J connectivity index is 1.25. The summed E-state index contributed by atoms with van der Waals surface area (Å²) in [5.41, 5.74) is 9.09. The van der Waals surface area contributed by atoms with Crippen LogP contribution in [0.2, 0.25) is 0 Å². The van der Waals surface area contributed by atoms with Crippen LogP contribution < -0.4 is 11.1 Å². The van der Waals surface area contributed by atoms with Crippen LogP contribution in [0.1, 0.15) is 22.6 Å². The molecule has 0 amide bonds. The fourth-order valence-electron chi connectivity index (χ4n) is 4.45. The first-order chi connectivity index (χ1) is 16.3. The molecule has 2 atom stereocenters. The normalized spacial score (nSPS) is 19.5. The summed E-state index contributed by atoms with van der Waals surface area (Å²) in [5.74, 6) is 0.523. The van der Waals surface area contributed by atoms with Crippen LogP contribution in [0.3, 0.4) is 0 Å². The first kappa shape index (κ1) is 22.6. The number of alkyl halides is 3. The number of thiophene rings is 1. The number of nitriles is 1. The molecule has 0 bridgehead atoms. The van der Waals surface area contributed by atoms with Crippen LogP contribution >= 0.6 is 11.3 Å². The first-order valence-electron chi connectivity index (χ1n) is 10.8. The van der Waals surface area contributed by atoms with E-state index >= 15 is 0 Å². The molecule has 4 heterocycles. The van der Waals surface area contributed by atoms with E-state index in [2.05, 4.69) is 37.3 Å². The number of aromatic nitrogens is 3. The van der Waals surface area contributed by atoms with E-state index in [0.717, 1.165) is 47.3 Å². The zero-order valence-corrected chi connectivity index (χ0v) is 18.9. The summed E-state index contributed by atoms with van der Waals surface area (Å²) in [7, 11) is 0. The van der Waals surface area contributed by atoms with Gasteiger partial charge in [-0.25, -0.2) is 9.97 Å². The number of likely N-dealkylation sites (tertiary alicyclic amines) is 1. The van der Waals surface area contributed by atoms with Gasteiger partial charge in [0, 0.05) is 47.5 Å². The van der Waals surface area contributed by atoms with Crippen molar-refractivity contribution in [3.8, 4) is 6.07 Å². The molecular weight excluding hydrogens is 463 g/mol. The van der Waals surface area contributed by atoms with Crippen molar-refractivity contribution in [1.29, 1.82) is 5.26 Å². The van der Waals surface area contributed by atoms with Gasteiger partial charge in [0.15, 0.2) is 0 Å². The number of hydrogen-bond acceptors (Lipinski definition) is 7. The van der Waals surface area contributed by atoms with Gasteiger partial charge in [0.2, 0.25) is 0 Å². The Morgan fingerprint density at radius 2 is 2.12 bits per heavy atom. The smallest absolute Gasteiger partial charge is 0.365 e. The second-order valence-corrected chi connectivity index (χ2v) is 9.72. The van der Waals surface area contributed by atoms with Gasteiger partial charge in [-0.05, 0) is 36.2 Å². The Morgan fingerprint density at radius 3 is 2.88 bits per heavy atom. The molecule has 1 aliphatic heterocycles. The molecule has 1 aliphatic rings. The van der Waals surface area contributed by atoms with Gasteiger partial charge in [-0.15, -0.1) is 11.3 Å². The number of hydrogen-bond donors (Lipinski definition) is 3. The predicted octanol–water partition coefficient (Wildman–Crippen LogP) is 4.16. The maximum absolute atomic E-state index is 12.8. The molecule has 11 heteroatoms. The molecule has 4 N–H and O–H groups in total. The van der Waals surface area contributed by atoms with Crippen molar-refractivity contribution in [2.24, 2.45) is 5.73 Å². The minimum absolute atomic E-state index is 0.0503. The van der Waals surface area contributed by atoms with Crippen molar-refractivity contribution in [2.75, 3.05) is 18.4 Å². The lowest BCUT2D eigenvalue weighted by molar-refractivity contribution is -0.126. The fourth-order valence-corrected chi connectivity index (χ4v) is 5.48. The maximum Gasteiger partial charge on any atom is 0.393 e. The molecule has 3 aromatic heterocycles. The molecule has 176 valence electrons. The number of aromatic amines is 1. The Kier molecular flexibility index (Phi) is 5.89. The Labute approximate surface area is 197 Å². The fraction of sp³-hybridized carbons (Fsp3) is 0.348. The van der Waals surface area contributed by atoms with Crippen LogP contribution in [0.15, 0.2) is 36.7 Å². The van der Waals surface area contributed by atoms with Crippen LogP contribution in [0.25, 0.3) is 21.1 Å². The van der Waals surface area contributed by atoms with Gasteiger partial charge in [0.25, 0.3) is 0 Å². The average Bonchev–Trinajstić information content (AvgIpc) is 3.37. The number of rotatable bonds is 5. The third-order valence-electron chi connectivity index (χ3n) is 6.03. The maximum atomic E-state index is 12.8. The van der Waals surface area contributed by atoms with Crippen molar-refractivity contribution in [3.05, 3.63) is 52.8 Å².